The number of piperazine rings is 1. The Hall–Kier alpha value is -2.69. The molecule has 0 aromatic heterocycles. The van der Waals surface area contributed by atoms with Crippen LogP contribution >= 0.6 is 0 Å². The van der Waals surface area contributed by atoms with Crippen LogP contribution in [0.5, 0.6) is 11.5 Å². The molecule has 4 rings (SSSR count). The molecule has 1 fully saturated rings. The number of hydrogen-bond donors (Lipinski definition) is 0. The molecule has 2 aromatic rings. The Bertz CT molecular complexity index is 784. The minimum absolute atomic E-state index is 0.0808. The molecular weight excluding hydrogens is 328 g/mol. The zero-order chi connectivity index (χ0) is 17.9. The average molecular weight is 352 g/mol. The van der Waals surface area contributed by atoms with Crippen molar-refractivity contribution in [2.45, 2.75) is 6.42 Å². The van der Waals surface area contributed by atoms with Crippen LogP contribution in [0.4, 0.5) is 5.69 Å². The molecule has 1 saturated heterocycles. The predicted molar refractivity (Wildman–Crippen MR) is 101 cm³/mol. The molecule has 5 nitrogen and oxygen atoms in total. The number of anilines is 1. The number of fused-ring (bicyclic) bond motifs is 1. The van der Waals surface area contributed by atoms with Gasteiger partial charge in [0.25, 0.3) is 0 Å². The van der Waals surface area contributed by atoms with E-state index in [4.69, 9.17) is 9.47 Å². The number of para-hydroxylation sites is 3. The van der Waals surface area contributed by atoms with E-state index in [0.717, 1.165) is 55.3 Å². The van der Waals surface area contributed by atoms with Gasteiger partial charge in [0, 0.05) is 26.2 Å². The van der Waals surface area contributed by atoms with Gasteiger partial charge in [0.15, 0.2) is 0 Å². The second kappa shape index (κ2) is 7.28. The highest BCUT2D eigenvalue weighted by atomic mass is 16.5. The van der Waals surface area contributed by atoms with Crippen molar-refractivity contribution in [2.24, 2.45) is 5.92 Å². The number of carbonyl (C=O) groups excluding carboxylic acids is 1. The summed E-state index contributed by atoms with van der Waals surface area (Å²) in [4.78, 5) is 17.2. The summed E-state index contributed by atoms with van der Waals surface area (Å²) in [5, 5.41) is 0. The molecule has 26 heavy (non-hydrogen) atoms. The number of ether oxygens (including phenoxy) is 2. The molecule has 136 valence electrons. The van der Waals surface area contributed by atoms with Crippen LogP contribution in [0.15, 0.2) is 48.5 Å². The molecule has 5 heteroatoms. The fourth-order valence-electron chi connectivity index (χ4n) is 3.80. The van der Waals surface area contributed by atoms with Gasteiger partial charge in [-0.25, -0.2) is 0 Å². The third kappa shape index (κ3) is 3.21. The summed E-state index contributed by atoms with van der Waals surface area (Å²) in [5.41, 5.74) is 2.22. The SMILES string of the molecule is COc1ccccc1N1CCN(C(=O)[C@@H]2COc3ccccc3C2)CC1. The summed E-state index contributed by atoms with van der Waals surface area (Å²) in [6.45, 7) is 3.57. The highest BCUT2D eigenvalue weighted by Crippen LogP contribution is 2.30. The first-order valence-corrected chi connectivity index (χ1v) is 9.13. The molecule has 1 atom stereocenters. The van der Waals surface area contributed by atoms with Crippen molar-refractivity contribution < 1.29 is 14.3 Å². The summed E-state index contributed by atoms with van der Waals surface area (Å²) in [6, 6.07) is 16.0. The lowest BCUT2D eigenvalue weighted by molar-refractivity contribution is -0.137. The quantitative estimate of drug-likeness (QED) is 0.852. The normalized spacial score (nSPS) is 19.5. The van der Waals surface area contributed by atoms with Gasteiger partial charge in [-0.05, 0) is 30.2 Å². The zero-order valence-electron chi connectivity index (χ0n) is 15.1. The van der Waals surface area contributed by atoms with Crippen LogP contribution < -0.4 is 14.4 Å². The molecule has 0 bridgehead atoms. The number of hydrogen-bond acceptors (Lipinski definition) is 4. The van der Waals surface area contributed by atoms with Gasteiger partial charge in [-0.1, -0.05) is 30.3 Å². The van der Waals surface area contributed by atoms with Crippen molar-refractivity contribution >= 4 is 11.6 Å². The Morgan fingerprint density at radius 2 is 1.77 bits per heavy atom. The van der Waals surface area contributed by atoms with Crippen LogP contribution in [0, 0.1) is 5.92 Å². The van der Waals surface area contributed by atoms with E-state index in [-0.39, 0.29) is 11.8 Å². The van der Waals surface area contributed by atoms with Gasteiger partial charge >= 0.3 is 0 Å². The Labute approximate surface area is 154 Å². The van der Waals surface area contributed by atoms with Gasteiger partial charge in [0.2, 0.25) is 5.91 Å². The van der Waals surface area contributed by atoms with E-state index in [1.165, 1.54) is 0 Å². The Balaban J connectivity index is 1.38. The third-order valence-corrected chi connectivity index (χ3v) is 5.25. The maximum absolute atomic E-state index is 12.9. The second-order valence-electron chi connectivity index (χ2n) is 6.80. The molecule has 1 amide bonds. The molecule has 2 aliphatic heterocycles. The van der Waals surface area contributed by atoms with Crippen LogP contribution in [0.3, 0.4) is 0 Å². The summed E-state index contributed by atoms with van der Waals surface area (Å²) in [5.74, 6) is 1.92. The maximum Gasteiger partial charge on any atom is 0.229 e. The van der Waals surface area contributed by atoms with E-state index >= 15 is 0 Å². The molecule has 2 aliphatic rings. The largest absolute Gasteiger partial charge is 0.495 e. The molecule has 0 radical (unpaired) electrons. The molecular formula is C21H24N2O3. The predicted octanol–water partition coefficient (Wildman–Crippen LogP) is 2.60. The van der Waals surface area contributed by atoms with Gasteiger partial charge < -0.3 is 19.3 Å². The smallest absolute Gasteiger partial charge is 0.229 e. The van der Waals surface area contributed by atoms with E-state index in [2.05, 4.69) is 11.0 Å². The molecule has 0 N–H and O–H groups in total. The van der Waals surface area contributed by atoms with Gasteiger partial charge in [-0.3, -0.25) is 4.79 Å². The highest BCUT2D eigenvalue weighted by molar-refractivity contribution is 5.80. The summed E-state index contributed by atoms with van der Waals surface area (Å²) >= 11 is 0. The molecule has 2 aromatic carbocycles. The molecule has 0 aliphatic carbocycles. The van der Waals surface area contributed by atoms with Crippen molar-refractivity contribution in [2.75, 3.05) is 44.8 Å². The number of amides is 1. The first-order chi connectivity index (χ1) is 12.8. The molecule has 0 spiro atoms. The topological polar surface area (TPSA) is 42.0 Å². The fourth-order valence-corrected chi connectivity index (χ4v) is 3.80. The lowest BCUT2D eigenvalue weighted by Gasteiger charge is -2.38. The zero-order valence-corrected chi connectivity index (χ0v) is 15.1. The van der Waals surface area contributed by atoms with Gasteiger partial charge in [0.05, 0.1) is 18.7 Å². The number of nitrogens with zero attached hydrogens (tertiary/aromatic N) is 2. The minimum atomic E-state index is -0.0808. The van der Waals surface area contributed by atoms with Crippen LogP contribution in [-0.4, -0.2) is 50.7 Å². The molecule has 2 heterocycles. The van der Waals surface area contributed by atoms with E-state index in [0.29, 0.717) is 6.61 Å². The van der Waals surface area contributed by atoms with E-state index in [9.17, 15) is 4.79 Å². The lowest BCUT2D eigenvalue weighted by atomic mass is 9.95. The first kappa shape index (κ1) is 16.8. The highest BCUT2D eigenvalue weighted by Gasteiger charge is 2.31. The van der Waals surface area contributed by atoms with Gasteiger partial charge in [0.1, 0.15) is 18.1 Å². The summed E-state index contributed by atoms with van der Waals surface area (Å²) in [6.07, 6.45) is 0.766. The average Bonchev–Trinajstić information content (AvgIpc) is 2.73. The number of methoxy groups -OCH3 is 1. The molecule has 0 saturated carbocycles. The lowest BCUT2D eigenvalue weighted by Crippen LogP contribution is -2.51. The fraction of sp³-hybridized carbons (Fsp3) is 0.381. The van der Waals surface area contributed by atoms with Crippen LogP contribution in [-0.2, 0) is 11.2 Å². The van der Waals surface area contributed by atoms with Crippen molar-refractivity contribution in [1.29, 1.82) is 0 Å². The number of rotatable bonds is 3. The standard InChI is InChI=1S/C21H24N2O3/c1-25-20-9-5-3-7-18(20)22-10-12-23(13-11-22)21(24)17-14-16-6-2-4-8-19(16)26-15-17/h2-9,17H,10-15H2,1H3/t17-/m0/s1. The van der Waals surface area contributed by atoms with Crippen molar-refractivity contribution in [3.05, 3.63) is 54.1 Å². The Morgan fingerprint density at radius 3 is 2.58 bits per heavy atom. The maximum atomic E-state index is 12.9. The molecule has 0 unspecified atom stereocenters. The van der Waals surface area contributed by atoms with Crippen LogP contribution in [0.1, 0.15) is 5.56 Å². The van der Waals surface area contributed by atoms with Gasteiger partial charge in [-0.15, -0.1) is 0 Å². The number of carbonyl (C=O) groups is 1. The summed E-state index contributed by atoms with van der Waals surface area (Å²) < 4.78 is 11.3. The summed E-state index contributed by atoms with van der Waals surface area (Å²) in [7, 11) is 1.69. The minimum Gasteiger partial charge on any atom is -0.495 e. The Morgan fingerprint density at radius 1 is 1.04 bits per heavy atom. The van der Waals surface area contributed by atoms with Crippen molar-refractivity contribution in [3.8, 4) is 11.5 Å². The number of benzene rings is 2. The first-order valence-electron chi connectivity index (χ1n) is 9.13. The monoisotopic (exact) mass is 352 g/mol. The van der Waals surface area contributed by atoms with Crippen LogP contribution in [0.2, 0.25) is 0 Å². The Kier molecular flexibility index (Phi) is 4.69. The van der Waals surface area contributed by atoms with Gasteiger partial charge in [-0.2, -0.15) is 0 Å². The van der Waals surface area contributed by atoms with Crippen LogP contribution in [0.25, 0.3) is 0 Å². The second-order valence-corrected chi connectivity index (χ2v) is 6.80. The third-order valence-electron chi connectivity index (χ3n) is 5.25. The van der Waals surface area contributed by atoms with Crippen molar-refractivity contribution in [1.82, 2.24) is 4.90 Å². The van der Waals surface area contributed by atoms with E-state index in [1.54, 1.807) is 7.11 Å². The van der Waals surface area contributed by atoms with E-state index in [1.807, 2.05) is 47.4 Å². The van der Waals surface area contributed by atoms with E-state index < -0.39 is 0 Å². The van der Waals surface area contributed by atoms with Crippen molar-refractivity contribution in [3.63, 3.8) is 0 Å².